The van der Waals surface area contributed by atoms with Crippen molar-refractivity contribution in [3.05, 3.63) is 23.8 Å². The summed E-state index contributed by atoms with van der Waals surface area (Å²) in [6, 6.07) is 0. The Morgan fingerprint density at radius 3 is 2.31 bits per heavy atom. The Bertz CT molecular complexity index is 266. The second-order valence-corrected chi connectivity index (χ2v) is 4.22. The van der Waals surface area contributed by atoms with Crippen LogP contribution in [0, 0.1) is 0 Å². The molecule has 0 unspecified atom stereocenters. The molecule has 0 heterocycles. The van der Waals surface area contributed by atoms with E-state index in [0.717, 1.165) is 25.9 Å². The average molecular weight is 223 g/mol. The molecule has 16 heavy (non-hydrogen) atoms. The van der Waals surface area contributed by atoms with Crippen molar-refractivity contribution in [2.24, 2.45) is 0 Å². The predicted octanol–water partition coefficient (Wildman–Crippen LogP) is 3.55. The largest absolute Gasteiger partial charge is 0.338 e. The molecule has 0 saturated carbocycles. The normalized spacial score (nSPS) is 12.0. The van der Waals surface area contributed by atoms with Gasteiger partial charge in [-0.2, -0.15) is 0 Å². The van der Waals surface area contributed by atoms with E-state index in [1.165, 1.54) is 11.1 Å². The third-order valence-electron chi connectivity index (χ3n) is 2.85. The average Bonchev–Trinajstić information content (AvgIpc) is 2.27. The maximum absolute atomic E-state index is 11.8. The summed E-state index contributed by atoms with van der Waals surface area (Å²) in [4.78, 5) is 13.7. The molecule has 0 aliphatic carbocycles. The minimum atomic E-state index is 0.181. The zero-order valence-corrected chi connectivity index (χ0v) is 11.2. The van der Waals surface area contributed by atoms with Crippen molar-refractivity contribution in [3.63, 3.8) is 0 Å². The second kappa shape index (κ2) is 8.14. The van der Waals surface area contributed by atoms with E-state index in [4.69, 9.17) is 0 Å². The van der Waals surface area contributed by atoms with Gasteiger partial charge < -0.3 is 4.90 Å². The van der Waals surface area contributed by atoms with Gasteiger partial charge in [0.1, 0.15) is 0 Å². The van der Waals surface area contributed by atoms with Crippen LogP contribution in [0.15, 0.2) is 23.8 Å². The molecule has 2 nitrogen and oxygen atoms in total. The molecule has 0 N–H and O–H groups in total. The van der Waals surface area contributed by atoms with Gasteiger partial charge in [0, 0.05) is 19.5 Å². The molecular weight excluding hydrogens is 198 g/mol. The predicted molar refractivity (Wildman–Crippen MR) is 70.4 cm³/mol. The first-order chi connectivity index (χ1) is 7.56. The molecule has 92 valence electrons. The highest BCUT2D eigenvalue weighted by Gasteiger charge is 2.11. The summed E-state index contributed by atoms with van der Waals surface area (Å²) in [7, 11) is 0. The van der Waals surface area contributed by atoms with E-state index in [2.05, 4.69) is 34.3 Å². The van der Waals surface area contributed by atoms with Crippen molar-refractivity contribution in [1.82, 2.24) is 4.90 Å². The maximum atomic E-state index is 11.8. The van der Waals surface area contributed by atoms with E-state index < -0.39 is 0 Å². The lowest BCUT2D eigenvalue weighted by molar-refractivity contribution is -0.129. The molecule has 0 radical (unpaired) electrons. The molecule has 1 amide bonds. The number of allylic oxidation sites excluding steroid dienone is 1. The minimum absolute atomic E-state index is 0.181. The third-order valence-corrected chi connectivity index (χ3v) is 2.85. The Kier molecular flexibility index (Phi) is 7.61. The summed E-state index contributed by atoms with van der Waals surface area (Å²) in [6.45, 7) is 13.7. The molecule has 0 aliphatic heterocycles. The summed E-state index contributed by atoms with van der Waals surface area (Å²) in [5.41, 5.74) is 2.70. The number of carbonyl (C=O) groups is 1. The van der Waals surface area contributed by atoms with E-state index >= 15 is 0 Å². The van der Waals surface area contributed by atoms with Crippen LogP contribution >= 0.6 is 0 Å². The Balaban J connectivity index is 4.55. The zero-order valence-electron chi connectivity index (χ0n) is 11.2. The van der Waals surface area contributed by atoms with Gasteiger partial charge >= 0.3 is 0 Å². The monoisotopic (exact) mass is 223 g/mol. The first kappa shape index (κ1) is 14.9. The third kappa shape index (κ3) is 5.15. The number of hydrogen-bond donors (Lipinski definition) is 0. The Morgan fingerprint density at radius 1 is 1.25 bits per heavy atom. The van der Waals surface area contributed by atoms with Crippen molar-refractivity contribution < 1.29 is 4.79 Å². The highest BCUT2D eigenvalue weighted by Crippen LogP contribution is 2.10. The fourth-order valence-corrected chi connectivity index (χ4v) is 1.54. The fraction of sp³-hybridized carbons (Fsp3) is 0.643. The van der Waals surface area contributed by atoms with Crippen LogP contribution in [-0.4, -0.2) is 23.9 Å². The van der Waals surface area contributed by atoms with Crippen molar-refractivity contribution in [1.29, 1.82) is 0 Å². The Labute approximate surface area is 100 Å². The number of carbonyl (C=O) groups excluding carboxylic acids is 1. The molecule has 0 fully saturated rings. The standard InChI is InChI=1S/C14H25NO/c1-6-9-14(16)15(10-7-2)11-13(5)12(4)8-3/h6H,1,7-11H2,2-5H3/b13-12+. The maximum Gasteiger partial charge on any atom is 0.226 e. The molecular formula is C14H25NO. The van der Waals surface area contributed by atoms with Crippen LogP contribution in [0.4, 0.5) is 0 Å². The molecule has 0 rings (SSSR count). The minimum Gasteiger partial charge on any atom is -0.338 e. The molecule has 0 aromatic carbocycles. The first-order valence-corrected chi connectivity index (χ1v) is 6.10. The first-order valence-electron chi connectivity index (χ1n) is 6.10. The van der Waals surface area contributed by atoms with Gasteiger partial charge in [0.05, 0.1) is 0 Å². The Morgan fingerprint density at radius 2 is 1.88 bits per heavy atom. The summed E-state index contributed by atoms with van der Waals surface area (Å²) in [6.07, 6.45) is 4.18. The van der Waals surface area contributed by atoms with Gasteiger partial charge in [0.2, 0.25) is 5.91 Å². The van der Waals surface area contributed by atoms with Crippen molar-refractivity contribution in [2.45, 2.75) is 47.0 Å². The van der Waals surface area contributed by atoms with Crippen molar-refractivity contribution >= 4 is 5.91 Å². The molecule has 0 aromatic heterocycles. The highest BCUT2D eigenvalue weighted by molar-refractivity contribution is 5.77. The van der Waals surface area contributed by atoms with Crippen LogP contribution in [0.1, 0.15) is 47.0 Å². The molecule has 0 saturated heterocycles. The number of nitrogens with zero attached hydrogens (tertiary/aromatic N) is 1. The van der Waals surface area contributed by atoms with Gasteiger partial charge in [-0.15, -0.1) is 6.58 Å². The van der Waals surface area contributed by atoms with E-state index in [9.17, 15) is 4.79 Å². The van der Waals surface area contributed by atoms with E-state index in [1.54, 1.807) is 6.08 Å². The van der Waals surface area contributed by atoms with Crippen molar-refractivity contribution in [2.75, 3.05) is 13.1 Å². The molecule has 0 aliphatic rings. The quantitative estimate of drug-likeness (QED) is 0.604. The van der Waals surface area contributed by atoms with E-state index in [1.807, 2.05) is 4.90 Å². The van der Waals surface area contributed by atoms with Crippen molar-refractivity contribution in [3.8, 4) is 0 Å². The zero-order chi connectivity index (χ0) is 12.6. The molecule has 0 atom stereocenters. The van der Waals surface area contributed by atoms with Gasteiger partial charge in [0.15, 0.2) is 0 Å². The van der Waals surface area contributed by atoms with Gasteiger partial charge in [-0.1, -0.05) is 31.1 Å². The van der Waals surface area contributed by atoms with Crippen LogP contribution in [0.5, 0.6) is 0 Å². The smallest absolute Gasteiger partial charge is 0.226 e. The van der Waals surface area contributed by atoms with Gasteiger partial charge in [0.25, 0.3) is 0 Å². The van der Waals surface area contributed by atoms with Crippen LogP contribution in [0.2, 0.25) is 0 Å². The van der Waals surface area contributed by atoms with Gasteiger partial charge in [-0.3, -0.25) is 4.79 Å². The summed E-state index contributed by atoms with van der Waals surface area (Å²) in [5, 5.41) is 0. The number of amides is 1. The number of rotatable bonds is 7. The van der Waals surface area contributed by atoms with Gasteiger partial charge in [-0.25, -0.2) is 0 Å². The molecule has 0 spiro atoms. The van der Waals surface area contributed by atoms with Crippen LogP contribution in [-0.2, 0) is 4.79 Å². The van der Waals surface area contributed by atoms with Crippen LogP contribution in [0.3, 0.4) is 0 Å². The number of hydrogen-bond acceptors (Lipinski definition) is 1. The van der Waals surface area contributed by atoms with Crippen LogP contribution in [0.25, 0.3) is 0 Å². The fourth-order valence-electron chi connectivity index (χ4n) is 1.54. The molecule has 0 bridgehead atoms. The lowest BCUT2D eigenvalue weighted by Crippen LogP contribution is -2.33. The Hall–Kier alpha value is -1.05. The summed E-state index contributed by atoms with van der Waals surface area (Å²) in [5.74, 6) is 0.181. The highest BCUT2D eigenvalue weighted by atomic mass is 16.2. The molecule has 0 aromatic rings. The van der Waals surface area contributed by atoms with Crippen LogP contribution < -0.4 is 0 Å². The second-order valence-electron chi connectivity index (χ2n) is 4.22. The van der Waals surface area contributed by atoms with E-state index in [0.29, 0.717) is 6.42 Å². The summed E-state index contributed by atoms with van der Waals surface area (Å²) < 4.78 is 0. The topological polar surface area (TPSA) is 20.3 Å². The van der Waals surface area contributed by atoms with Gasteiger partial charge in [-0.05, 0) is 26.7 Å². The van der Waals surface area contributed by atoms with E-state index in [-0.39, 0.29) is 5.91 Å². The lowest BCUT2D eigenvalue weighted by atomic mass is 10.1. The summed E-state index contributed by atoms with van der Waals surface area (Å²) >= 11 is 0. The molecule has 2 heteroatoms. The lowest BCUT2D eigenvalue weighted by Gasteiger charge is -2.23. The SMILES string of the molecule is C=CCC(=O)N(CCC)C/C(C)=C(\C)CC.